The van der Waals surface area contributed by atoms with Gasteiger partial charge in [0.1, 0.15) is 22.0 Å². The molecular formula is C20H21N5O4S. The van der Waals surface area contributed by atoms with Crippen LogP contribution in [0, 0.1) is 0 Å². The first kappa shape index (κ1) is 20.1. The van der Waals surface area contributed by atoms with Crippen LogP contribution in [0.15, 0.2) is 38.9 Å². The second-order valence-corrected chi connectivity index (χ2v) is 8.10. The minimum absolute atomic E-state index is 0.0550. The molecule has 0 aliphatic heterocycles. The Labute approximate surface area is 176 Å². The molecule has 1 saturated carbocycles. The largest absolute Gasteiger partial charge is 0.497 e. The fourth-order valence-corrected chi connectivity index (χ4v) is 3.93. The van der Waals surface area contributed by atoms with Crippen molar-refractivity contribution in [2.24, 2.45) is 14.1 Å². The minimum Gasteiger partial charge on any atom is -0.497 e. The number of rotatable bonds is 6. The van der Waals surface area contributed by atoms with Crippen LogP contribution in [-0.2, 0) is 18.9 Å². The highest BCUT2D eigenvalue weighted by Crippen LogP contribution is 2.39. The molecule has 2 heterocycles. The Balaban J connectivity index is 1.65. The van der Waals surface area contributed by atoms with Gasteiger partial charge in [-0.1, -0.05) is 17.8 Å². The van der Waals surface area contributed by atoms with Crippen LogP contribution in [0.25, 0.3) is 11.0 Å². The third-order valence-corrected chi connectivity index (χ3v) is 5.90. The number of anilines is 1. The number of methoxy groups -OCH3 is 1. The molecule has 0 radical (unpaired) electrons. The molecule has 0 bridgehead atoms. The topological polar surface area (TPSA) is 108 Å². The van der Waals surface area contributed by atoms with Gasteiger partial charge in [0.25, 0.3) is 5.56 Å². The minimum atomic E-state index is -0.467. The van der Waals surface area contributed by atoms with E-state index in [1.807, 2.05) is 0 Å². The Kier molecular flexibility index (Phi) is 5.33. The molecule has 1 aliphatic rings. The lowest BCUT2D eigenvalue weighted by atomic mass is 10.3. The van der Waals surface area contributed by atoms with E-state index in [0.717, 1.165) is 29.2 Å². The summed E-state index contributed by atoms with van der Waals surface area (Å²) in [6, 6.07) is 7.06. The molecule has 10 heteroatoms. The standard InChI is InChI=1S/C20H21N5O4S/c1-24-17-15(19(27)25(2)20(24)28)18(23-16(22-17)11-7-8-11)30-10-14(26)21-12-5-4-6-13(9-12)29-3/h4-6,9,11H,7-8,10H2,1-3H3,(H,21,26). The van der Waals surface area contributed by atoms with Crippen molar-refractivity contribution in [2.75, 3.05) is 18.2 Å². The fraction of sp³-hybridized carbons (Fsp3) is 0.350. The van der Waals surface area contributed by atoms with Crippen molar-refractivity contribution < 1.29 is 9.53 Å². The predicted octanol–water partition coefficient (Wildman–Crippen LogP) is 1.64. The third-order valence-electron chi connectivity index (χ3n) is 4.92. The lowest BCUT2D eigenvalue weighted by molar-refractivity contribution is -0.113. The van der Waals surface area contributed by atoms with Crippen molar-refractivity contribution in [3.63, 3.8) is 0 Å². The molecule has 3 aromatic rings. The number of aromatic nitrogens is 4. The molecule has 1 aliphatic carbocycles. The molecule has 1 amide bonds. The second-order valence-electron chi connectivity index (χ2n) is 7.13. The highest BCUT2D eigenvalue weighted by atomic mass is 32.2. The first-order valence-corrected chi connectivity index (χ1v) is 10.4. The van der Waals surface area contributed by atoms with Crippen LogP contribution in [0.3, 0.4) is 0 Å². The smallest absolute Gasteiger partial charge is 0.332 e. The van der Waals surface area contributed by atoms with E-state index >= 15 is 0 Å². The van der Waals surface area contributed by atoms with Gasteiger partial charge >= 0.3 is 5.69 Å². The van der Waals surface area contributed by atoms with Crippen molar-refractivity contribution in [1.82, 2.24) is 19.1 Å². The van der Waals surface area contributed by atoms with Crippen LogP contribution in [0.4, 0.5) is 5.69 Å². The number of hydrogen-bond acceptors (Lipinski definition) is 7. The molecule has 0 spiro atoms. The molecular weight excluding hydrogens is 406 g/mol. The van der Waals surface area contributed by atoms with Gasteiger partial charge in [-0.3, -0.25) is 18.7 Å². The van der Waals surface area contributed by atoms with Crippen molar-refractivity contribution >= 4 is 34.4 Å². The maximum atomic E-state index is 12.8. The van der Waals surface area contributed by atoms with Crippen LogP contribution in [0.5, 0.6) is 5.75 Å². The molecule has 1 N–H and O–H groups in total. The van der Waals surface area contributed by atoms with E-state index in [1.54, 1.807) is 38.4 Å². The van der Waals surface area contributed by atoms with E-state index in [4.69, 9.17) is 4.74 Å². The fourth-order valence-electron chi connectivity index (χ4n) is 3.11. The summed E-state index contributed by atoms with van der Waals surface area (Å²) in [6.45, 7) is 0. The number of carbonyl (C=O) groups excluding carboxylic acids is 1. The number of aryl methyl sites for hydroxylation is 1. The number of nitrogens with one attached hydrogen (secondary N) is 1. The Hall–Kier alpha value is -3.14. The molecule has 30 heavy (non-hydrogen) atoms. The molecule has 2 aromatic heterocycles. The monoisotopic (exact) mass is 427 g/mol. The summed E-state index contributed by atoms with van der Waals surface area (Å²) in [5.41, 5.74) is 0.00555. The number of fused-ring (bicyclic) bond motifs is 1. The normalized spacial score (nSPS) is 13.4. The van der Waals surface area contributed by atoms with Crippen molar-refractivity contribution in [3.8, 4) is 5.75 Å². The zero-order valence-corrected chi connectivity index (χ0v) is 17.7. The summed E-state index contributed by atoms with van der Waals surface area (Å²) >= 11 is 1.16. The summed E-state index contributed by atoms with van der Waals surface area (Å²) in [7, 11) is 4.56. The lowest BCUT2D eigenvalue weighted by Gasteiger charge is -2.12. The molecule has 0 saturated heterocycles. The van der Waals surface area contributed by atoms with Gasteiger partial charge in [0.15, 0.2) is 5.65 Å². The maximum Gasteiger partial charge on any atom is 0.332 e. The number of benzene rings is 1. The van der Waals surface area contributed by atoms with E-state index in [2.05, 4.69) is 15.3 Å². The van der Waals surface area contributed by atoms with Crippen LogP contribution in [-0.4, -0.2) is 37.9 Å². The van der Waals surface area contributed by atoms with Crippen LogP contribution in [0.2, 0.25) is 0 Å². The van der Waals surface area contributed by atoms with E-state index in [0.29, 0.717) is 27.9 Å². The van der Waals surface area contributed by atoms with E-state index in [9.17, 15) is 14.4 Å². The van der Waals surface area contributed by atoms with Gasteiger partial charge in [0.05, 0.1) is 12.9 Å². The molecule has 1 aromatic carbocycles. The van der Waals surface area contributed by atoms with E-state index in [1.165, 1.54) is 11.6 Å². The van der Waals surface area contributed by atoms with Gasteiger partial charge < -0.3 is 10.1 Å². The van der Waals surface area contributed by atoms with E-state index < -0.39 is 11.2 Å². The van der Waals surface area contributed by atoms with Crippen LogP contribution >= 0.6 is 11.8 Å². The first-order chi connectivity index (χ1) is 14.4. The zero-order valence-electron chi connectivity index (χ0n) is 16.8. The van der Waals surface area contributed by atoms with Gasteiger partial charge in [-0.15, -0.1) is 0 Å². The molecule has 4 rings (SSSR count). The molecule has 1 fully saturated rings. The van der Waals surface area contributed by atoms with Gasteiger partial charge in [-0.2, -0.15) is 0 Å². The number of hydrogen-bond donors (Lipinski definition) is 1. The van der Waals surface area contributed by atoms with Crippen molar-refractivity contribution in [3.05, 3.63) is 50.9 Å². The summed E-state index contributed by atoms with van der Waals surface area (Å²) in [5.74, 6) is 1.30. The SMILES string of the molecule is COc1cccc(NC(=O)CSc2nc(C3CC3)nc3c2c(=O)n(C)c(=O)n3C)c1. The van der Waals surface area contributed by atoms with Gasteiger partial charge in [-0.25, -0.2) is 14.8 Å². The lowest BCUT2D eigenvalue weighted by Crippen LogP contribution is -2.37. The summed E-state index contributed by atoms with van der Waals surface area (Å²) < 4.78 is 7.54. The average molecular weight is 427 g/mol. The Morgan fingerprint density at radius 1 is 1.23 bits per heavy atom. The first-order valence-electron chi connectivity index (χ1n) is 9.43. The third kappa shape index (κ3) is 3.82. The highest BCUT2D eigenvalue weighted by Gasteiger charge is 2.29. The Morgan fingerprint density at radius 2 is 2.00 bits per heavy atom. The summed E-state index contributed by atoms with van der Waals surface area (Å²) in [5, 5.41) is 3.48. The van der Waals surface area contributed by atoms with Gasteiger partial charge in [-0.05, 0) is 25.0 Å². The number of nitrogens with zero attached hydrogens (tertiary/aromatic N) is 4. The molecule has 156 valence electrons. The van der Waals surface area contributed by atoms with Crippen LogP contribution < -0.4 is 21.3 Å². The second kappa shape index (κ2) is 7.94. The number of carbonyl (C=O) groups is 1. The summed E-state index contributed by atoms with van der Waals surface area (Å²) in [6.07, 6.45) is 1.95. The molecule has 0 atom stereocenters. The Bertz CT molecular complexity index is 1260. The van der Waals surface area contributed by atoms with Crippen LogP contribution in [0.1, 0.15) is 24.6 Å². The highest BCUT2D eigenvalue weighted by molar-refractivity contribution is 8.00. The number of thioether (sulfide) groups is 1. The van der Waals surface area contributed by atoms with E-state index in [-0.39, 0.29) is 23.0 Å². The number of amides is 1. The molecule has 9 nitrogen and oxygen atoms in total. The molecule has 0 unspecified atom stereocenters. The average Bonchev–Trinajstić information content (AvgIpc) is 3.59. The van der Waals surface area contributed by atoms with Crippen molar-refractivity contribution in [1.29, 1.82) is 0 Å². The Morgan fingerprint density at radius 3 is 2.70 bits per heavy atom. The predicted molar refractivity (Wildman–Crippen MR) is 114 cm³/mol. The van der Waals surface area contributed by atoms with Gasteiger partial charge in [0.2, 0.25) is 5.91 Å². The zero-order chi connectivity index (χ0) is 21.4. The van der Waals surface area contributed by atoms with Gasteiger partial charge in [0, 0.05) is 31.8 Å². The summed E-state index contributed by atoms with van der Waals surface area (Å²) in [4.78, 5) is 46.6. The maximum absolute atomic E-state index is 12.8. The quantitative estimate of drug-likeness (QED) is 0.471. The number of ether oxygens (including phenoxy) is 1. The van der Waals surface area contributed by atoms with Crippen molar-refractivity contribution in [2.45, 2.75) is 23.8 Å².